The van der Waals surface area contributed by atoms with E-state index in [1.807, 2.05) is 37.3 Å². The molecule has 1 atom stereocenters. The van der Waals surface area contributed by atoms with E-state index in [1.54, 1.807) is 19.1 Å². The largest absolute Gasteiger partial charge is 0.478 e. The minimum Gasteiger partial charge on any atom is -0.478 e. The van der Waals surface area contributed by atoms with Gasteiger partial charge in [-0.1, -0.05) is 36.8 Å². The summed E-state index contributed by atoms with van der Waals surface area (Å²) in [6, 6.07) is 10.7. The van der Waals surface area contributed by atoms with Crippen LogP contribution in [0.15, 0.2) is 61.9 Å². The van der Waals surface area contributed by atoms with Gasteiger partial charge in [-0.15, -0.1) is 0 Å². The molecule has 8 nitrogen and oxygen atoms in total. The van der Waals surface area contributed by atoms with Crippen LogP contribution in [0.25, 0.3) is 6.08 Å². The predicted molar refractivity (Wildman–Crippen MR) is 134 cm³/mol. The van der Waals surface area contributed by atoms with Crippen molar-refractivity contribution in [2.75, 3.05) is 31.2 Å². The number of carboxylic acids is 1. The molecule has 1 unspecified atom stereocenters. The van der Waals surface area contributed by atoms with E-state index < -0.39 is 12.0 Å². The monoisotopic (exact) mass is 493 g/mol. The number of thiazole rings is 1. The second kappa shape index (κ2) is 9.67. The van der Waals surface area contributed by atoms with Crippen LogP contribution in [0.1, 0.15) is 42.9 Å². The van der Waals surface area contributed by atoms with Gasteiger partial charge in [0.1, 0.15) is 17.6 Å². The zero-order valence-electron chi connectivity index (χ0n) is 19.7. The quantitative estimate of drug-likeness (QED) is 0.567. The average Bonchev–Trinajstić information content (AvgIpc) is 3.42. The fraction of sp³-hybridized carbons (Fsp3) is 0.346. The first-order valence-electron chi connectivity index (χ1n) is 11.7. The van der Waals surface area contributed by atoms with Crippen molar-refractivity contribution in [3.8, 4) is 0 Å². The molecule has 35 heavy (non-hydrogen) atoms. The fourth-order valence-electron chi connectivity index (χ4n) is 4.55. The number of aromatic nitrogens is 1. The summed E-state index contributed by atoms with van der Waals surface area (Å²) >= 11 is 1.27. The number of ether oxygens (including phenoxy) is 1. The molecule has 0 radical (unpaired) electrons. The Labute approximate surface area is 206 Å². The Hall–Kier alpha value is -3.43. The first kappa shape index (κ1) is 23.3. The van der Waals surface area contributed by atoms with Crippen molar-refractivity contribution in [3.05, 3.63) is 84.4 Å². The van der Waals surface area contributed by atoms with E-state index in [4.69, 9.17) is 9.15 Å². The minimum atomic E-state index is -1.09. The Bertz CT molecular complexity index is 1460. The molecule has 1 N–H and O–H groups in total. The third-order valence-electron chi connectivity index (χ3n) is 6.22. The zero-order chi connectivity index (χ0) is 24.5. The summed E-state index contributed by atoms with van der Waals surface area (Å²) in [5, 5.41) is 10.1. The summed E-state index contributed by atoms with van der Waals surface area (Å²) in [6.07, 6.45) is 3.08. The van der Waals surface area contributed by atoms with Gasteiger partial charge in [-0.2, -0.15) is 0 Å². The van der Waals surface area contributed by atoms with Crippen LogP contribution < -0.4 is 19.8 Å². The van der Waals surface area contributed by atoms with Crippen molar-refractivity contribution in [2.24, 2.45) is 4.99 Å². The van der Waals surface area contributed by atoms with Crippen molar-refractivity contribution in [3.63, 3.8) is 0 Å². The number of aliphatic carboxylic acids is 1. The number of rotatable bonds is 6. The van der Waals surface area contributed by atoms with Crippen LogP contribution >= 0.6 is 11.3 Å². The maximum Gasteiger partial charge on any atom is 0.336 e. The zero-order valence-corrected chi connectivity index (χ0v) is 20.5. The van der Waals surface area contributed by atoms with Crippen molar-refractivity contribution in [2.45, 2.75) is 32.7 Å². The summed E-state index contributed by atoms with van der Waals surface area (Å²) in [4.78, 5) is 33.3. The fourth-order valence-corrected chi connectivity index (χ4v) is 5.57. The lowest BCUT2D eigenvalue weighted by atomic mass is 9.99. The molecule has 3 aromatic rings. The van der Waals surface area contributed by atoms with Gasteiger partial charge in [0.2, 0.25) is 0 Å². The molecule has 0 bridgehead atoms. The SMILES string of the molecule is CCCC1=C(C(=O)O)C(c2ccc(C)o2)n2c(s/c(=C\c3ccc(N4CCOCC4)cc3)c2=O)=N1. The molecule has 1 saturated heterocycles. The number of carbonyl (C=O) groups is 1. The van der Waals surface area contributed by atoms with Gasteiger partial charge in [0.25, 0.3) is 5.56 Å². The molecule has 2 aliphatic heterocycles. The number of carboxylic acid groups (broad SMARTS) is 1. The highest BCUT2D eigenvalue weighted by molar-refractivity contribution is 7.07. The van der Waals surface area contributed by atoms with Gasteiger partial charge < -0.3 is 19.2 Å². The van der Waals surface area contributed by atoms with E-state index in [9.17, 15) is 14.7 Å². The number of benzene rings is 1. The highest BCUT2D eigenvalue weighted by Gasteiger charge is 2.35. The smallest absolute Gasteiger partial charge is 0.336 e. The molecule has 2 aromatic heterocycles. The third-order valence-corrected chi connectivity index (χ3v) is 7.21. The lowest BCUT2D eigenvalue weighted by Crippen LogP contribution is -2.39. The van der Waals surface area contributed by atoms with Gasteiger partial charge in [0.15, 0.2) is 4.80 Å². The Balaban J connectivity index is 1.60. The molecule has 1 aromatic carbocycles. The number of hydrogen-bond acceptors (Lipinski definition) is 7. The Morgan fingerprint density at radius 1 is 1.20 bits per heavy atom. The van der Waals surface area contributed by atoms with Crippen molar-refractivity contribution >= 4 is 29.1 Å². The maximum atomic E-state index is 13.6. The van der Waals surface area contributed by atoms with Crippen LogP contribution in [-0.2, 0) is 9.53 Å². The first-order chi connectivity index (χ1) is 17.0. The summed E-state index contributed by atoms with van der Waals surface area (Å²) in [6.45, 7) is 6.93. The summed E-state index contributed by atoms with van der Waals surface area (Å²) in [7, 11) is 0. The standard InChI is InChI=1S/C26H27N3O5S/c1-3-4-19-22(25(31)32)23(20-10-5-16(2)34-20)29-24(30)21(35-26(29)27-19)15-17-6-8-18(9-7-17)28-11-13-33-14-12-28/h5-10,15,23H,3-4,11-14H2,1-2H3,(H,31,32)/b21-15-. The molecule has 0 saturated carbocycles. The van der Waals surface area contributed by atoms with E-state index in [-0.39, 0.29) is 11.1 Å². The van der Waals surface area contributed by atoms with Crippen LogP contribution in [0.2, 0.25) is 0 Å². The number of anilines is 1. The Kier molecular flexibility index (Phi) is 6.44. The van der Waals surface area contributed by atoms with Gasteiger partial charge in [-0.05, 0) is 49.2 Å². The molecular formula is C26H27N3O5S. The van der Waals surface area contributed by atoms with Crippen LogP contribution in [0.4, 0.5) is 5.69 Å². The Morgan fingerprint density at radius 2 is 1.94 bits per heavy atom. The number of aryl methyl sites for hydroxylation is 1. The van der Waals surface area contributed by atoms with E-state index in [0.717, 1.165) is 44.0 Å². The molecule has 9 heteroatoms. The average molecular weight is 494 g/mol. The third kappa shape index (κ3) is 4.49. The molecule has 1 fully saturated rings. The minimum absolute atomic E-state index is 0.0926. The summed E-state index contributed by atoms with van der Waals surface area (Å²) < 4.78 is 13.2. The highest BCUT2D eigenvalue weighted by atomic mass is 32.1. The topological polar surface area (TPSA) is 97.3 Å². The molecule has 0 amide bonds. The maximum absolute atomic E-state index is 13.6. The van der Waals surface area contributed by atoms with Crippen LogP contribution in [0.5, 0.6) is 0 Å². The van der Waals surface area contributed by atoms with Crippen LogP contribution in [0.3, 0.4) is 0 Å². The summed E-state index contributed by atoms with van der Waals surface area (Å²) in [5.74, 6) is -0.0172. The predicted octanol–water partition coefficient (Wildman–Crippen LogP) is 2.84. The van der Waals surface area contributed by atoms with Crippen molar-refractivity contribution < 1.29 is 19.1 Å². The number of fused-ring (bicyclic) bond motifs is 1. The van der Waals surface area contributed by atoms with Gasteiger partial charge >= 0.3 is 5.97 Å². The van der Waals surface area contributed by atoms with Crippen molar-refractivity contribution in [1.29, 1.82) is 0 Å². The normalized spacial score (nSPS) is 18.5. The molecular weight excluding hydrogens is 466 g/mol. The number of nitrogens with zero attached hydrogens (tertiary/aromatic N) is 3. The lowest BCUT2D eigenvalue weighted by Gasteiger charge is -2.28. The number of furan rings is 1. The van der Waals surface area contributed by atoms with E-state index in [0.29, 0.717) is 33.0 Å². The number of hydrogen-bond donors (Lipinski definition) is 1. The molecule has 4 heterocycles. The van der Waals surface area contributed by atoms with E-state index >= 15 is 0 Å². The van der Waals surface area contributed by atoms with Gasteiger partial charge in [-0.3, -0.25) is 9.36 Å². The van der Waals surface area contributed by atoms with E-state index in [1.165, 1.54) is 15.9 Å². The number of morpholine rings is 1. The molecule has 0 aliphatic carbocycles. The lowest BCUT2D eigenvalue weighted by molar-refractivity contribution is -0.133. The van der Waals surface area contributed by atoms with Crippen molar-refractivity contribution in [1.82, 2.24) is 4.57 Å². The van der Waals surface area contributed by atoms with Crippen LogP contribution in [0, 0.1) is 6.92 Å². The molecule has 2 aliphatic rings. The Morgan fingerprint density at radius 3 is 2.57 bits per heavy atom. The molecule has 0 spiro atoms. The number of allylic oxidation sites excluding steroid dienone is 1. The first-order valence-corrected chi connectivity index (χ1v) is 12.5. The van der Waals surface area contributed by atoms with Crippen LogP contribution in [-0.4, -0.2) is 41.9 Å². The second-order valence-corrected chi connectivity index (χ2v) is 9.65. The second-order valence-electron chi connectivity index (χ2n) is 8.64. The highest BCUT2D eigenvalue weighted by Crippen LogP contribution is 2.32. The molecule has 5 rings (SSSR count). The summed E-state index contributed by atoms with van der Waals surface area (Å²) in [5.41, 5.74) is 2.32. The van der Waals surface area contributed by atoms with Gasteiger partial charge in [0.05, 0.1) is 29.0 Å². The van der Waals surface area contributed by atoms with Gasteiger partial charge in [0, 0.05) is 18.8 Å². The van der Waals surface area contributed by atoms with E-state index in [2.05, 4.69) is 9.89 Å². The van der Waals surface area contributed by atoms with Gasteiger partial charge in [-0.25, -0.2) is 9.79 Å². The molecule has 182 valence electrons.